The van der Waals surface area contributed by atoms with Gasteiger partial charge in [-0.2, -0.15) is 0 Å². The van der Waals surface area contributed by atoms with E-state index in [1.165, 1.54) is 6.33 Å². The second-order valence-corrected chi connectivity index (χ2v) is 7.47. The van der Waals surface area contributed by atoms with Gasteiger partial charge in [-0.1, -0.05) is 48.0 Å². The van der Waals surface area contributed by atoms with Crippen LogP contribution in [0.2, 0.25) is 0 Å². The van der Waals surface area contributed by atoms with Gasteiger partial charge in [0.1, 0.15) is 12.1 Å². The van der Waals surface area contributed by atoms with Gasteiger partial charge in [-0.3, -0.25) is 4.79 Å². The molecule has 0 aliphatic rings. The number of carbonyl (C=O) groups excluding carboxylic acids is 1. The van der Waals surface area contributed by atoms with Crippen LogP contribution < -0.4 is 11.1 Å². The van der Waals surface area contributed by atoms with Crippen molar-refractivity contribution in [3.05, 3.63) is 64.9 Å². The van der Waals surface area contributed by atoms with Crippen molar-refractivity contribution in [3.8, 4) is 0 Å². The minimum absolute atomic E-state index is 0.449. The number of aromatic nitrogens is 2. The second kappa shape index (κ2) is 9.62. The number of fused-ring (bicyclic) bond motifs is 1. The lowest BCUT2D eigenvalue weighted by molar-refractivity contribution is -0.112. The van der Waals surface area contributed by atoms with Crippen molar-refractivity contribution in [1.82, 2.24) is 14.9 Å². The highest BCUT2D eigenvalue weighted by atomic mass is 79.9. The molecule has 2 aromatic carbocycles. The van der Waals surface area contributed by atoms with Crippen LogP contribution in [0.15, 0.2) is 59.3 Å². The Labute approximate surface area is 179 Å². The molecule has 0 radical (unpaired) electrons. The summed E-state index contributed by atoms with van der Waals surface area (Å²) >= 11 is 3.48. The van der Waals surface area contributed by atoms with Gasteiger partial charge >= 0.3 is 0 Å². The van der Waals surface area contributed by atoms with Gasteiger partial charge in [0, 0.05) is 27.7 Å². The fourth-order valence-corrected chi connectivity index (χ4v) is 3.49. The molecule has 7 heteroatoms. The Morgan fingerprint density at radius 1 is 1.17 bits per heavy atom. The van der Waals surface area contributed by atoms with Crippen molar-refractivity contribution in [3.63, 3.8) is 0 Å². The molecule has 3 rings (SSSR count). The molecule has 0 fully saturated rings. The van der Waals surface area contributed by atoms with E-state index in [1.807, 2.05) is 48.5 Å². The van der Waals surface area contributed by atoms with Crippen LogP contribution in [0, 0.1) is 0 Å². The summed E-state index contributed by atoms with van der Waals surface area (Å²) in [4.78, 5) is 23.1. The zero-order valence-electron chi connectivity index (χ0n) is 16.5. The average Bonchev–Trinajstić information content (AvgIpc) is 2.71. The lowest BCUT2D eigenvalue weighted by Gasteiger charge is -2.16. The van der Waals surface area contributed by atoms with E-state index in [-0.39, 0.29) is 0 Å². The molecule has 0 aliphatic heterocycles. The predicted molar refractivity (Wildman–Crippen MR) is 122 cm³/mol. The number of hydrogen-bond donors (Lipinski definition) is 2. The third-order valence-electron chi connectivity index (χ3n) is 4.75. The van der Waals surface area contributed by atoms with Gasteiger partial charge < -0.3 is 16.0 Å². The normalized spacial score (nSPS) is 11.8. The maximum absolute atomic E-state index is 12.1. The molecule has 3 aromatic rings. The van der Waals surface area contributed by atoms with Crippen molar-refractivity contribution in [2.24, 2.45) is 5.73 Å². The van der Waals surface area contributed by atoms with Gasteiger partial charge in [0.05, 0.1) is 5.52 Å². The first-order chi connectivity index (χ1) is 14.0. The number of halogens is 1. The van der Waals surface area contributed by atoms with Crippen LogP contribution >= 0.6 is 15.9 Å². The first kappa shape index (κ1) is 21.0. The third-order valence-corrected chi connectivity index (χ3v) is 5.24. The first-order valence-corrected chi connectivity index (χ1v) is 10.3. The molecule has 1 heterocycles. The largest absolute Gasteiger partial charge is 0.366 e. The maximum atomic E-state index is 12.1. The van der Waals surface area contributed by atoms with Crippen molar-refractivity contribution < 1.29 is 4.79 Å². The van der Waals surface area contributed by atoms with Crippen LogP contribution in [0.25, 0.3) is 16.5 Å². The third kappa shape index (κ3) is 5.19. The monoisotopic (exact) mass is 453 g/mol. The number of primary amides is 1. The summed E-state index contributed by atoms with van der Waals surface area (Å²) in [5, 5.41) is 4.15. The van der Waals surface area contributed by atoms with Gasteiger partial charge in [-0.15, -0.1) is 0 Å². The van der Waals surface area contributed by atoms with Gasteiger partial charge in [-0.25, -0.2) is 9.97 Å². The molecule has 3 N–H and O–H groups in total. The highest BCUT2D eigenvalue weighted by Crippen LogP contribution is 2.27. The number of carbonyl (C=O) groups is 1. The molecule has 150 valence electrons. The Hall–Kier alpha value is -2.77. The molecular weight excluding hydrogens is 430 g/mol. The molecule has 29 heavy (non-hydrogen) atoms. The van der Waals surface area contributed by atoms with E-state index in [0.29, 0.717) is 17.9 Å². The van der Waals surface area contributed by atoms with Crippen LogP contribution in [0.4, 0.5) is 11.5 Å². The van der Waals surface area contributed by atoms with Crippen LogP contribution in [0.5, 0.6) is 0 Å². The number of rotatable bonds is 8. The Morgan fingerprint density at radius 2 is 1.97 bits per heavy atom. The number of nitrogens with two attached hydrogens (primary N) is 1. The van der Waals surface area contributed by atoms with E-state index >= 15 is 0 Å². The van der Waals surface area contributed by atoms with Crippen LogP contribution in [0.3, 0.4) is 0 Å². The van der Waals surface area contributed by atoms with E-state index in [0.717, 1.165) is 39.7 Å². The van der Waals surface area contributed by atoms with E-state index in [9.17, 15) is 4.79 Å². The SMILES string of the molecule is CCN(CC)CC=C(C(N)=O)c1ccc2ncnc(Nc3cccc(Br)c3)c2c1. The predicted octanol–water partition coefficient (Wildman–Crippen LogP) is 4.35. The fourth-order valence-electron chi connectivity index (χ4n) is 3.09. The van der Waals surface area contributed by atoms with Crippen molar-refractivity contribution in [1.29, 1.82) is 0 Å². The van der Waals surface area contributed by atoms with E-state index in [4.69, 9.17) is 5.73 Å². The summed E-state index contributed by atoms with van der Waals surface area (Å²) < 4.78 is 0.969. The molecule has 6 nitrogen and oxygen atoms in total. The topological polar surface area (TPSA) is 84.1 Å². The molecule has 1 aromatic heterocycles. The summed E-state index contributed by atoms with van der Waals surface area (Å²) in [6.07, 6.45) is 3.41. The molecule has 1 amide bonds. The summed E-state index contributed by atoms with van der Waals surface area (Å²) in [5.74, 6) is 0.220. The van der Waals surface area contributed by atoms with Gasteiger partial charge in [0.25, 0.3) is 0 Å². The van der Waals surface area contributed by atoms with Gasteiger partial charge in [0.2, 0.25) is 5.91 Å². The smallest absolute Gasteiger partial charge is 0.249 e. The van der Waals surface area contributed by atoms with Gasteiger partial charge in [-0.05, 0) is 49.0 Å². The van der Waals surface area contributed by atoms with Crippen molar-refractivity contribution >= 4 is 49.8 Å². The quantitative estimate of drug-likeness (QED) is 0.495. The summed E-state index contributed by atoms with van der Waals surface area (Å²) in [5.41, 5.74) is 8.62. The van der Waals surface area contributed by atoms with E-state index in [1.54, 1.807) is 0 Å². The zero-order chi connectivity index (χ0) is 20.8. The summed E-state index contributed by atoms with van der Waals surface area (Å²) in [6.45, 7) is 6.66. The van der Waals surface area contributed by atoms with Crippen LogP contribution in [0.1, 0.15) is 19.4 Å². The average molecular weight is 454 g/mol. The van der Waals surface area contributed by atoms with Crippen LogP contribution in [-0.4, -0.2) is 40.4 Å². The highest BCUT2D eigenvalue weighted by molar-refractivity contribution is 9.10. The molecule has 0 atom stereocenters. The van der Waals surface area contributed by atoms with E-state index < -0.39 is 5.91 Å². The van der Waals surface area contributed by atoms with Gasteiger partial charge in [0.15, 0.2) is 0 Å². The van der Waals surface area contributed by atoms with E-state index in [2.05, 4.69) is 50.0 Å². The number of benzene rings is 2. The lowest BCUT2D eigenvalue weighted by Crippen LogP contribution is -2.24. The lowest BCUT2D eigenvalue weighted by atomic mass is 10.0. The number of nitrogens with one attached hydrogen (secondary N) is 1. The summed E-state index contributed by atoms with van der Waals surface area (Å²) in [7, 11) is 0. The molecule has 0 bridgehead atoms. The molecule has 0 aliphatic carbocycles. The number of anilines is 2. The number of amides is 1. The zero-order valence-corrected chi connectivity index (χ0v) is 18.1. The van der Waals surface area contributed by atoms with Crippen molar-refractivity contribution in [2.45, 2.75) is 13.8 Å². The second-order valence-electron chi connectivity index (χ2n) is 6.56. The highest BCUT2D eigenvalue weighted by Gasteiger charge is 2.12. The number of likely N-dealkylation sites (N-methyl/N-ethyl adjacent to an activating group) is 1. The molecule has 0 saturated heterocycles. The summed E-state index contributed by atoms with van der Waals surface area (Å²) in [6, 6.07) is 13.5. The van der Waals surface area contributed by atoms with Crippen molar-refractivity contribution in [2.75, 3.05) is 25.0 Å². The Bertz CT molecular complexity index is 1050. The number of hydrogen-bond acceptors (Lipinski definition) is 5. The number of nitrogens with zero attached hydrogens (tertiary/aromatic N) is 3. The minimum Gasteiger partial charge on any atom is -0.366 e. The fraction of sp³-hybridized carbons (Fsp3) is 0.227. The first-order valence-electron chi connectivity index (χ1n) is 9.51. The Balaban J connectivity index is 2.01. The minimum atomic E-state index is -0.449. The molecule has 0 saturated carbocycles. The standard InChI is InChI=1S/C22H24BrN5O/c1-3-28(4-2)11-10-18(21(24)29)15-8-9-20-19(12-15)22(26-14-25-20)27-17-7-5-6-16(23)13-17/h5-10,12-14H,3-4,11H2,1-2H3,(H2,24,29)(H,25,26,27). The maximum Gasteiger partial charge on any atom is 0.249 e. The molecule has 0 unspecified atom stereocenters. The Morgan fingerprint density at radius 3 is 2.66 bits per heavy atom. The Kier molecular flexibility index (Phi) is 6.95. The molecular formula is C22H24BrN5O. The molecule has 0 spiro atoms. The van der Waals surface area contributed by atoms with Crippen LogP contribution in [-0.2, 0) is 4.79 Å².